The molecule has 0 saturated heterocycles. The molecule has 6 heteroatoms. The standard InChI is InChI=1S/C12H6N4S2/c13-6-9-3-4-10(17-9)12-16-15-11(18-12)8-2-1-5-14-7-8/h1-5,7H. The Kier molecular flexibility index (Phi) is 2.84. The summed E-state index contributed by atoms with van der Waals surface area (Å²) in [6.07, 6.45) is 3.49. The minimum Gasteiger partial charge on any atom is -0.264 e. The van der Waals surface area contributed by atoms with Gasteiger partial charge in [-0.3, -0.25) is 4.98 Å². The minimum atomic E-state index is 0.683. The van der Waals surface area contributed by atoms with E-state index in [9.17, 15) is 0 Å². The van der Waals surface area contributed by atoms with Gasteiger partial charge in [-0.15, -0.1) is 21.5 Å². The fourth-order valence-electron chi connectivity index (χ4n) is 1.44. The van der Waals surface area contributed by atoms with Gasteiger partial charge in [-0.2, -0.15) is 5.26 Å². The lowest BCUT2D eigenvalue weighted by atomic mass is 10.3. The molecule has 0 atom stereocenters. The molecule has 0 N–H and O–H groups in total. The lowest BCUT2D eigenvalue weighted by Crippen LogP contribution is -1.77. The van der Waals surface area contributed by atoms with Gasteiger partial charge in [0.1, 0.15) is 16.0 Å². The van der Waals surface area contributed by atoms with E-state index in [-0.39, 0.29) is 0 Å². The molecule has 0 aliphatic carbocycles. The van der Waals surface area contributed by atoms with Crippen LogP contribution in [-0.4, -0.2) is 15.2 Å². The molecule has 0 radical (unpaired) electrons. The van der Waals surface area contributed by atoms with E-state index in [4.69, 9.17) is 5.26 Å². The highest BCUT2D eigenvalue weighted by Gasteiger charge is 2.10. The van der Waals surface area contributed by atoms with Gasteiger partial charge in [-0.05, 0) is 24.3 Å². The smallest absolute Gasteiger partial charge is 0.158 e. The summed E-state index contributed by atoms with van der Waals surface area (Å²) in [6.45, 7) is 0. The van der Waals surface area contributed by atoms with Crippen molar-refractivity contribution in [3.05, 3.63) is 41.5 Å². The molecule has 18 heavy (non-hydrogen) atoms. The summed E-state index contributed by atoms with van der Waals surface area (Å²) in [5.74, 6) is 0. The summed E-state index contributed by atoms with van der Waals surface area (Å²) >= 11 is 2.93. The Morgan fingerprint density at radius 3 is 2.67 bits per heavy atom. The second-order valence-corrected chi connectivity index (χ2v) is 5.49. The average Bonchev–Trinajstić information content (AvgIpc) is 3.08. The normalized spacial score (nSPS) is 10.2. The first-order valence-corrected chi connectivity index (χ1v) is 6.74. The molecule has 0 amide bonds. The molecule has 3 aromatic rings. The summed E-state index contributed by atoms with van der Waals surface area (Å²) in [5, 5.41) is 18.8. The van der Waals surface area contributed by atoms with Crippen LogP contribution < -0.4 is 0 Å². The maximum absolute atomic E-state index is 8.80. The Hall–Kier alpha value is -2.10. The van der Waals surface area contributed by atoms with Gasteiger partial charge in [0.05, 0.1) is 4.88 Å². The van der Waals surface area contributed by atoms with Gasteiger partial charge < -0.3 is 0 Å². The Morgan fingerprint density at radius 2 is 1.94 bits per heavy atom. The van der Waals surface area contributed by atoms with Crippen molar-refractivity contribution >= 4 is 22.7 Å². The van der Waals surface area contributed by atoms with Crippen LogP contribution in [0.1, 0.15) is 4.88 Å². The number of hydrogen-bond acceptors (Lipinski definition) is 6. The molecule has 0 saturated carbocycles. The molecule has 0 fully saturated rings. The third-order valence-corrected chi connectivity index (χ3v) is 4.39. The van der Waals surface area contributed by atoms with Crippen LogP contribution in [0, 0.1) is 11.3 Å². The van der Waals surface area contributed by atoms with Gasteiger partial charge in [-0.1, -0.05) is 11.3 Å². The predicted molar refractivity (Wildman–Crippen MR) is 71.2 cm³/mol. The van der Waals surface area contributed by atoms with Gasteiger partial charge in [0.2, 0.25) is 0 Å². The molecule has 0 spiro atoms. The lowest BCUT2D eigenvalue weighted by Gasteiger charge is -1.90. The molecule has 0 aliphatic rings. The zero-order valence-electron chi connectivity index (χ0n) is 9.07. The van der Waals surface area contributed by atoms with E-state index >= 15 is 0 Å². The number of thiophene rings is 1. The van der Waals surface area contributed by atoms with Gasteiger partial charge >= 0.3 is 0 Å². The van der Waals surface area contributed by atoms with Crippen LogP contribution in [0.5, 0.6) is 0 Å². The zero-order valence-corrected chi connectivity index (χ0v) is 10.7. The highest BCUT2D eigenvalue weighted by atomic mass is 32.1. The number of hydrogen-bond donors (Lipinski definition) is 0. The first kappa shape index (κ1) is 11.0. The number of aromatic nitrogens is 3. The lowest BCUT2D eigenvalue weighted by molar-refractivity contribution is 1.10. The molecule has 0 aromatic carbocycles. The van der Waals surface area contributed by atoms with Crippen molar-refractivity contribution in [1.82, 2.24) is 15.2 Å². The van der Waals surface area contributed by atoms with Gasteiger partial charge in [0.25, 0.3) is 0 Å². The first-order valence-electron chi connectivity index (χ1n) is 5.11. The zero-order chi connectivity index (χ0) is 12.4. The topological polar surface area (TPSA) is 62.5 Å². The molecular weight excluding hydrogens is 264 g/mol. The number of nitriles is 1. The molecular formula is C12H6N4S2. The van der Waals surface area contributed by atoms with E-state index < -0.39 is 0 Å². The largest absolute Gasteiger partial charge is 0.264 e. The summed E-state index contributed by atoms with van der Waals surface area (Å²) in [7, 11) is 0. The van der Waals surface area contributed by atoms with Crippen LogP contribution in [0.2, 0.25) is 0 Å². The number of nitrogens with zero attached hydrogens (tertiary/aromatic N) is 4. The third-order valence-electron chi connectivity index (χ3n) is 2.26. The Labute approximate surface area is 111 Å². The van der Waals surface area contributed by atoms with E-state index in [1.165, 1.54) is 22.7 Å². The van der Waals surface area contributed by atoms with Crippen LogP contribution in [-0.2, 0) is 0 Å². The van der Waals surface area contributed by atoms with Gasteiger partial charge in [-0.25, -0.2) is 0 Å². The fraction of sp³-hybridized carbons (Fsp3) is 0. The third kappa shape index (κ3) is 2.01. The van der Waals surface area contributed by atoms with E-state index in [1.54, 1.807) is 18.5 Å². The summed E-state index contributed by atoms with van der Waals surface area (Å²) in [5.41, 5.74) is 0.957. The second-order valence-electron chi connectivity index (χ2n) is 3.43. The maximum atomic E-state index is 8.80. The Bertz CT molecular complexity index is 709. The van der Waals surface area contributed by atoms with E-state index in [2.05, 4.69) is 21.3 Å². The van der Waals surface area contributed by atoms with Crippen molar-refractivity contribution in [3.8, 4) is 26.5 Å². The summed E-state index contributed by atoms with van der Waals surface area (Å²) in [4.78, 5) is 5.71. The van der Waals surface area contributed by atoms with E-state index in [0.717, 1.165) is 20.5 Å². The molecule has 86 valence electrons. The van der Waals surface area contributed by atoms with Crippen molar-refractivity contribution in [2.24, 2.45) is 0 Å². The molecule has 0 bridgehead atoms. The van der Waals surface area contributed by atoms with E-state index in [1.807, 2.05) is 18.2 Å². The Morgan fingerprint density at radius 1 is 1.06 bits per heavy atom. The molecule has 0 aliphatic heterocycles. The fourth-order valence-corrected chi connectivity index (χ4v) is 3.13. The van der Waals surface area contributed by atoms with Gasteiger partial charge in [0.15, 0.2) is 5.01 Å². The van der Waals surface area contributed by atoms with E-state index in [0.29, 0.717) is 4.88 Å². The summed E-state index contributed by atoms with van der Waals surface area (Å²) < 4.78 is 0. The average molecular weight is 270 g/mol. The van der Waals surface area contributed by atoms with Crippen LogP contribution in [0.15, 0.2) is 36.7 Å². The number of rotatable bonds is 2. The second kappa shape index (κ2) is 4.64. The molecule has 0 unspecified atom stereocenters. The van der Waals surface area contributed by atoms with Crippen molar-refractivity contribution in [2.45, 2.75) is 0 Å². The monoisotopic (exact) mass is 270 g/mol. The summed E-state index contributed by atoms with van der Waals surface area (Å²) in [6, 6.07) is 9.64. The highest BCUT2D eigenvalue weighted by molar-refractivity contribution is 7.23. The highest BCUT2D eigenvalue weighted by Crippen LogP contribution is 2.33. The maximum Gasteiger partial charge on any atom is 0.158 e. The van der Waals surface area contributed by atoms with Crippen molar-refractivity contribution in [3.63, 3.8) is 0 Å². The van der Waals surface area contributed by atoms with Crippen molar-refractivity contribution in [2.75, 3.05) is 0 Å². The van der Waals surface area contributed by atoms with Crippen LogP contribution >= 0.6 is 22.7 Å². The van der Waals surface area contributed by atoms with Crippen LogP contribution in [0.25, 0.3) is 20.5 Å². The quantitative estimate of drug-likeness (QED) is 0.717. The molecule has 3 rings (SSSR count). The minimum absolute atomic E-state index is 0.683. The first-order chi connectivity index (χ1) is 8.86. The Balaban J connectivity index is 1.97. The van der Waals surface area contributed by atoms with Crippen molar-refractivity contribution < 1.29 is 0 Å². The van der Waals surface area contributed by atoms with Crippen LogP contribution in [0.3, 0.4) is 0 Å². The van der Waals surface area contributed by atoms with Crippen molar-refractivity contribution in [1.29, 1.82) is 5.26 Å². The van der Waals surface area contributed by atoms with Gasteiger partial charge in [0, 0.05) is 18.0 Å². The van der Waals surface area contributed by atoms with Crippen LogP contribution in [0.4, 0.5) is 0 Å². The molecule has 3 heterocycles. The number of pyridine rings is 1. The molecule has 4 nitrogen and oxygen atoms in total. The SMILES string of the molecule is N#Cc1ccc(-c2nnc(-c3cccnc3)s2)s1. The molecule has 3 aromatic heterocycles. The predicted octanol–water partition coefficient (Wildman–Crippen LogP) is 3.20.